The average molecular weight is 398 g/mol. The Labute approximate surface area is 164 Å². The van der Waals surface area contributed by atoms with Crippen LogP contribution in [0.5, 0.6) is 0 Å². The number of fused-ring (bicyclic) bond motifs is 1. The number of sulfonamides is 1. The average Bonchev–Trinajstić information content (AvgIpc) is 3.10. The maximum absolute atomic E-state index is 13.1. The van der Waals surface area contributed by atoms with E-state index in [1.165, 1.54) is 16.7 Å². The fourth-order valence-corrected chi connectivity index (χ4v) is 4.57. The first-order chi connectivity index (χ1) is 13.4. The summed E-state index contributed by atoms with van der Waals surface area (Å²) >= 11 is 0. The molecular formula is C19H22N6O2S. The molecule has 0 spiro atoms. The van der Waals surface area contributed by atoms with Gasteiger partial charge in [-0.2, -0.15) is 9.40 Å². The molecule has 1 aliphatic heterocycles. The summed E-state index contributed by atoms with van der Waals surface area (Å²) in [6.07, 6.45) is 4.60. The minimum Gasteiger partial charge on any atom is -0.305 e. The highest BCUT2D eigenvalue weighted by Crippen LogP contribution is 2.24. The van der Waals surface area contributed by atoms with Gasteiger partial charge in [0.1, 0.15) is 4.90 Å². The molecule has 0 amide bonds. The topological polar surface area (TPSA) is 84.2 Å². The monoisotopic (exact) mass is 398 g/mol. The molecule has 0 aliphatic carbocycles. The van der Waals surface area contributed by atoms with Crippen molar-refractivity contribution in [3.05, 3.63) is 60.2 Å². The van der Waals surface area contributed by atoms with Gasteiger partial charge in [-0.25, -0.2) is 18.4 Å². The van der Waals surface area contributed by atoms with Crippen LogP contribution in [0.3, 0.4) is 0 Å². The largest absolute Gasteiger partial charge is 0.305 e. The van der Waals surface area contributed by atoms with E-state index in [0.29, 0.717) is 25.5 Å². The van der Waals surface area contributed by atoms with Crippen molar-refractivity contribution in [3.63, 3.8) is 0 Å². The number of nitrogens with zero attached hydrogens (tertiary/aromatic N) is 6. The third-order valence-corrected chi connectivity index (χ3v) is 6.51. The van der Waals surface area contributed by atoms with Crippen molar-refractivity contribution >= 4 is 10.0 Å². The highest BCUT2D eigenvalue weighted by molar-refractivity contribution is 7.89. The smallest absolute Gasteiger partial charge is 0.246 e. The summed E-state index contributed by atoms with van der Waals surface area (Å²) in [6, 6.07) is 9.48. The molecular weight excluding hydrogens is 376 g/mol. The second-order valence-corrected chi connectivity index (χ2v) is 8.96. The summed E-state index contributed by atoms with van der Waals surface area (Å²) in [4.78, 5) is 10.7. The molecule has 0 bridgehead atoms. The summed E-state index contributed by atoms with van der Waals surface area (Å²) in [7, 11) is 0.285. The van der Waals surface area contributed by atoms with Crippen molar-refractivity contribution in [2.75, 3.05) is 20.6 Å². The second kappa shape index (κ2) is 7.42. The molecule has 3 aromatic rings. The molecule has 0 N–H and O–H groups in total. The lowest BCUT2D eigenvalue weighted by Gasteiger charge is -2.27. The van der Waals surface area contributed by atoms with Crippen LogP contribution in [-0.2, 0) is 29.7 Å². The lowest BCUT2D eigenvalue weighted by atomic mass is 10.2. The van der Waals surface area contributed by atoms with Gasteiger partial charge >= 0.3 is 0 Å². The first-order valence-electron chi connectivity index (χ1n) is 9.01. The van der Waals surface area contributed by atoms with Crippen LogP contribution in [0.4, 0.5) is 0 Å². The van der Waals surface area contributed by atoms with Gasteiger partial charge in [-0.05, 0) is 14.1 Å². The van der Waals surface area contributed by atoms with Crippen LogP contribution in [0.1, 0.15) is 11.3 Å². The zero-order chi connectivity index (χ0) is 19.7. The first-order valence-corrected chi connectivity index (χ1v) is 10.4. The first kappa shape index (κ1) is 18.7. The maximum atomic E-state index is 13.1. The van der Waals surface area contributed by atoms with Crippen molar-refractivity contribution in [1.82, 2.24) is 29.0 Å². The number of hydrogen-bond donors (Lipinski definition) is 0. The summed E-state index contributed by atoms with van der Waals surface area (Å²) in [5.74, 6) is 0.504. The van der Waals surface area contributed by atoms with Crippen molar-refractivity contribution in [2.45, 2.75) is 24.5 Å². The normalized spacial score (nSPS) is 15.0. The van der Waals surface area contributed by atoms with Gasteiger partial charge < -0.3 is 4.90 Å². The molecule has 1 aliphatic rings. The fraction of sp³-hybridized carbons (Fsp3) is 0.316. The standard InChI is InChI=1S/C19H22N6O2S/c1-23(2)13-16-10-22-25-9-8-24(14-18(16)25)28(26,27)17-11-20-19(21-12-17)15-6-4-3-5-7-15/h3-7,10-12H,8-9,13-14H2,1-2H3. The molecule has 0 fully saturated rings. The van der Waals surface area contributed by atoms with Gasteiger partial charge in [0.15, 0.2) is 5.82 Å². The van der Waals surface area contributed by atoms with Crippen LogP contribution in [0, 0.1) is 0 Å². The predicted molar refractivity (Wildman–Crippen MR) is 105 cm³/mol. The molecule has 3 heterocycles. The third kappa shape index (κ3) is 3.56. The Morgan fingerprint density at radius 3 is 2.43 bits per heavy atom. The van der Waals surface area contributed by atoms with Crippen LogP contribution in [0.25, 0.3) is 11.4 Å². The Morgan fingerprint density at radius 2 is 1.75 bits per heavy atom. The summed E-state index contributed by atoms with van der Waals surface area (Å²) in [5, 5.41) is 4.39. The van der Waals surface area contributed by atoms with Gasteiger partial charge in [-0.1, -0.05) is 30.3 Å². The summed E-state index contributed by atoms with van der Waals surface area (Å²) < 4.78 is 29.6. The van der Waals surface area contributed by atoms with E-state index in [1.807, 2.05) is 60.2 Å². The Hall–Kier alpha value is -2.62. The molecule has 28 heavy (non-hydrogen) atoms. The van der Waals surface area contributed by atoms with E-state index in [2.05, 4.69) is 15.1 Å². The van der Waals surface area contributed by atoms with E-state index in [1.54, 1.807) is 0 Å². The van der Waals surface area contributed by atoms with Crippen LogP contribution in [0.2, 0.25) is 0 Å². The van der Waals surface area contributed by atoms with Crippen LogP contribution in [-0.4, -0.2) is 58.0 Å². The Kier molecular flexibility index (Phi) is 4.96. The molecule has 0 atom stereocenters. The minimum absolute atomic E-state index is 0.106. The highest BCUT2D eigenvalue weighted by Gasteiger charge is 2.31. The molecule has 0 saturated heterocycles. The van der Waals surface area contributed by atoms with Crippen molar-refractivity contribution in [2.24, 2.45) is 0 Å². The maximum Gasteiger partial charge on any atom is 0.246 e. The Balaban J connectivity index is 1.58. The van der Waals surface area contributed by atoms with Crippen molar-refractivity contribution < 1.29 is 8.42 Å². The molecule has 0 unspecified atom stereocenters. The van der Waals surface area contributed by atoms with E-state index < -0.39 is 10.0 Å². The molecule has 4 rings (SSSR count). The van der Waals surface area contributed by atoms with E-state index in [4.69, 9.17) is 0 Å². The molecule has 0 saturated carbocycles. The van der Waals surface area contributed by atoms with Gasteiger partial charge in [-0.15, -0.1) is 0 Å². The van der Waals surface area contributed by atoms with Crippen LogP contribution >= 0.6 is 0 Å². The fourth-order valence-electron chi connectivity index (χ4n) is 3.29. The molecule has 0 radical (unpaired) electrons. The number of aromatic nitrogens is 4. The van der Waals surface area contributed by atoms with Crippen LogP contribution in [0.15, 0.2) is 53.8 Å². The van der Waals surface area contributed by atoms with Gasteiger partial charge in [0.2, 0.25) is 10.0 Å². The van der Waals surface area contributed by atoms with Crippen molar-refractivity contribution in [3.8, 4) is 11.4 Å². The van der Waals surface area contributed by atoms with Crippen LogP contribution < -0.4 is 0 Å². The Bertz CT molecular complexity index is 1060. The van der Waals surface area contributed by atoms with Gasteiger partial charge in [0.05, 0.1) is 37.4 Å². The summed E-state index contributed by atoms with van der Waals surface area (Å²) in [5.41, 5.74) is 2.83. The quantitative estimate of drug-likeness (QED) is 0.649. The highest BCUT2D eigenvalue weighted by atomic mass is 32.2. The number of rotatable bonds is 5. The van der Waals surface area contributed by atoms with E-state index in [9.17, 15) is 8.42 Å². The predicted octanol–water partition coefficient (Wildman–Crippen LogP) is 1.61. The Morgan fingerprint density at radius 1 is 1.04 bits per heavy atom. The second-order valence-electron chi connectivity index (χ2n) is 7.02. The zero-order valence-corrected chi connectivity index (χ0v) is 16.7. The van der Waals surface area contributed by atoms with E-state index in [-0.39, 0.29) is 4.90 Å². The molecule has 8 nitrogen and oxygen atoms in total. The number of hydrogen-bond acceptors (Lipinski definition) is 6. The minimum atomic E-state index is -3.67. The van der Waals surface area contributed by atoms with Gasteiger partial charge in [-0.3, -0.25) is 4.68 Å². The molecule has 9 heteroatoms. The van der Waals surface area contributed by atoms with Gasteiger partial charge in [0.25, 0.3) is 0 Å². The molecule has 2 aromatic heterocycles. The number of benzene rings is 1. The van der Waals surface area contributed by atoms with E-state index in [0.717, 1.165) is 23.4 Å². The lowest BCUT2D eigenvalue weighted by Crippen LogP contribution is -2.39. The molecule has 1 aromatic carbocycles. The summed E-state index contributed by atoms with van der Waals surface area (Å²) in [6.45, 7) is 1.92. The zero-order valence-electron chi connectivity index (χ0n) is 15.9. The third-order valence-electron chi connectivity index (χ3n) is 4.71. The molecule has 146 valence electrons. The van der Waals surface area contributed by atoms with E-state index >= 15 is 0 Å². The van der Waals surface area contributed by atoms with Gasteiger partial charge in [0, 0.05) is 24.2 Å². The SMILES string of the molecule is CN(C)Cc1cnn2c1CN(S(=O)(=O)c1cnc(-c3ccccc3)nc1)CC2. The van der Waals surface area contributed by atoms with Crippen molar-refractivity contribution in [1.29, 1.82) is 0 Å². The lowest BCUT2D eigenvalue weighted by molar-refractivity contribution is 0.321.